The second-order valence-electron chi connectivity index (χ2n) is 4.97. The Morgan fingerprint density at radius 2 is 1.95 bits per heavy atom. The number of phenolic OH excluding ortho intramolecular Hbond substituents is 1. The Hall–Kier alpha value is -1.12. The van der Waals surface area contributed by atoms with Crippen LogP contribution < -0.4 is 0 Å². The molecule has 21 heavy (non-hydrogen) atoms. The number of sulfonamides is 1. The van der Waals surface area contributed by atoms with E-state index in [-0.39, 0.29) is 23.8 Å². The molecule has 1 fully saturated rings. The van der Waals surface area contributed by atoms with Gasteiger partial charge < -0.3 is 10.0 Å². The minimum atomic E-state index is -3.24. The lowest BCUT2D eigenvalue weighted by Crippen LogP contribution is -2.37. The molecule has 1 aromatic rings. The van der Waals surface area contributed by atoms with Crippen molar-refractivity contribution in [2.24, 2.45) is 0 Å². The highest BCUT2D eigenvalue weighted by Gasteiger charge is 2.25. The molecule has 116 valence electrons. The first-order valence-electron chi connectivity index (χ1n) is 6.52. The van der Waals surface area contributed by atoms with Gasteiger partial charge in [-0.15, -0.1) is 0 Å². The van der Waals surface area contributed by atoms with E-state index in [1.54, 1.807) is 17.0 Å². The lowest BCUT2D eigenvalue weighted by Gasteiger charge is -2.21. The first-order valence-corrected chi connectivity index (χ1v) is 9.16. The van der Waals surface area contributed by atoms with Crippen LogP contribution in [-0.2, 0) is 10.0 Å². The average molecular weight is 377 g/mol. The second-order valence-corrected chi connectivity index (χ2v) is 7.87. The molecule has 0 aliphatic carbocycles. The number of aromatic hydroxyl groups is 1. The van der Waals surface area contributed by atoms with Gasteiger partial charge in [0.05, 0.1) is 11.8 Å². The standard InChI is InChI=1S/C13H17BrN2O4S/c1-21(19,20)16-6-2-5-15(7-8-16)13(18)11-9-10(14)3-4-12(11)17/h3-4,9,17H,2,5-8H2,1H3. The third kappa shape index (κ3) is 3.96. The molecule has 8 heteroatoms. The maximum atomic E-state index is 12.5. The van der Waals surface area contributed by atoms with Crippen molar-refractivity contribution in [1.82, 2.24) is 9.21 Å². The normalized spacial score (nSPS) is 17.5. The van der Waals surface area contributed by atoms with Gasteiger partial charge in [-0.1, -0.05) is 15.9 Å². The van der Waals surface area contributed by atoms with Crippen molar-refractivity contribution in [2.75, 3.05) is 32.4 Å². The first kappa shape index (κ1) is 16.3. The molecule has 0 saturated carbocycles. The number of carbonyl (C=O) groups is 1. The largest absolute Gasteiger partial charge is 0.507 e. The predicted molar refractivity (Wildman–Crippen MR) is 82.7 cm³/mol. The van der Waals surface area contributed by atoms with E-state index < -0.39 is 10.0 Å². The summed E-state index contributed by atoms with van der Waals surface area (Å²) in [5.74, 6) is -0.364. The van der Waals surface area contributed by atoms with Crippen molar-refractivity contribution in [3.63, 3.8) is 0 Å². The van der Waals surface area contributed by atoms with Gasteiger partial charge in [0, 0.05) is 30.7 Å². The highest BCUT2D eigenvalue weighted by Crippen LogP contribution is 2.24. The van der Waals surface area contributed by atoms with Gasteiger partial charge in [0.2, 0.25) is 10.0 Å². The van der Waals surface area contributed by atoms with E-state index in [1.807, 2.05) is 0 Å². The zero-order chi connectivity index (χ0) is 15.6. The van der Waals surface area contributed by atoms with Crippen LogP contribution in [-0.4, -0.2) is 61.1 Å². The van der Waals surface area contributed by atoms with Gasteiger partial charge in [-0.2, -0.15) is 0 Å². The average Bonchev–Trinajstić information content (AvgIpc) is 2.66. The van der Waals surface area contributed by atoms with Gasteiger partial charge in [-0.05, 0) is 24.6 Å². The molecule has 1 N–H and O–H groups in total. The smallest absolute Gasteiger partial charge is 0.257 e. The number of halogens is 1. The number of phenols is 1. The van der Waals surface area contributed by atoms with Crippen molar-refractivity contribution in [1.29, 1.82) is 0 Å². The zero-order valence-electron chi connectivity index (χ0n) is 11.6. The Bertz CT molecular complexity index is 648. The minimum absolute atomic E-state index is 0.0765. The van der Waals surface area contributed by atoms with E-state index in [4.69, 9.17) is 0 Å². The molecule has 0 radical (unpaired) electrons. The fraction of sp³-hybridized carbons (Fsp3) is 0.462. The number of hydrogen-bond donors (Lipinski definition) is 1. The minimum Gasteiger partial charge on any atom is -0.507 e. The SMILES string of the molecule is CS(=O)(=O)N1CCCN(C(=O)c2cc(Br)ccc2O)CC1. The molecule has 0 aromatic heterocycles. The van der Waals surface area contributed by atoms with Crippen LogP contribution in [0.1, 0.15) is 16.8 Å². The van der Waals surface area contributed by atoms with Gasteiger partial charge in [-0.25, -0.2) is 12.7 Å². The fourth-order valence-corrected chi connectivity index (χ4v) is 3.51. The van der Waals surface area contributed by atoms with Crippen LogP contribution in [0.15, 0.2) is 22.7 Å². The molecule has 1 aromatic carbocycles. The van der Waals surface area contributed by atoms with Crippen LogP contribution in [0.25, 0.3) is 0 Å². The fourth-order valence-electron chi connectivity index (χ4n) is 2.28. The van der Waals surface area contributed by atoms with E-state index >= 15 is 0 Å². The Labute approximate surface area is 132 Å². The number of benzene rings is 1. The Balaban J connectivity index is 2.15. The summed E-state index contributed by atoms with van der Waals surface area (Å²) in [7, 11) is -3.24. The van der Waals surface area contributed by atoms with Crippen LogP contribution in [0.5, 0.6) is 5.75 Å². The Morgan fingerprint density at radius 3 is 2.62 bits per heavy atom. The summed E-state index contributed by atoms with van der Waals surface area (Å²) in [6, 6.07) is 4.68. The molecule has 0 atom stereocenters. The summed E-state index contributed by atoms with van der Waals surface area (Å²) in [5.41, 5.74) is 0.220. The second kappa shape index (κ2) is 6.33. The number of rotatable bonds is 2. The van der Waals surface area contributed by atoms with Crippen molar-refractivity contribution in [2.45, 2.75) is 6.42 Å². The van der Waals surface area contributed by atoms with E-state index in [0.29, 0.717) is 30.5 Å². The molecule has 1 saturated heterocycles. The third-order valence-electron chi connectivity index (χ3n) is 3.40. The lowest BCUT2D eigenvalue weighted by molar-refractivity contribution is 0.0761. The Kier molecular flexibility index (Phi) is 4.90. The van der Waals surface area contributed by atoms with Crippen molar-refractivity contribution >= 4 is 31.9 Å². The van der Waals surface area contributed by atoms with Crippen molar-refractivity contribution in [3.8, 4) is 5.75 Å². The monoisotopic (exact) mass is 376 g/mol. The van der Waals surface area contributed by atoms with Gasteiger partial charge in [0.25, 0.3) is 5.91 Å². The molecule has 6 nitrogen and oxygen atoms in total. The van der Waals surface area contributed by atoms with Gasteiger partial charge >= 0.3 is 0 Å². The summed E-state index contributed by atoms with van der Waals surface area (Å²) >= 11 is 3.27. The number of nitrogens with zero attached hydrogens (tertiary/aromatic N) is 2. The Morgan fingerprint density at radius 1 is 1.24 bits per heavy atom. The highest BCUT2D eigenvalue weighted by molar-refractivity contribution is 9.10. The van der Waals surface area contributed by atoms with Gasteiger partial charge in [-0.3, -0.25) is 4.79 Å². The van der Waals surface area contributed by atoms with E-state index in [9.17, 15) is 18.3 Å². The van der Waals surface area contributed by atoms with E-state index in [2.05, 4.69) is 15.9 Å². The number of hydrogen-bond acceptors (Lipinski definition) is 4. The summed E-state index contributed by atoms with van der Waals surface area (Å²) in [6.07, 6.45) is 1.75. The molecular formula is C13H17BrN2O4S. The first-order chi connectivity index (χ1) is 9.79. The van der Waals surface area contributed by atoms with Crippen LogP contribution in [0.3, 0.4) is 0 Å². The highest BCUT2D eigenvalue weighted by atomic mass is 79.9. The van der Waals surface area contributed by atoms with Gasteiger partial charge in [0.1, 0.15) is 5.75 Å². The van der Waals surface area contributed by atoms with Crippen LogP contribution in [0.2, 0.25) is 0 Å². The molecular weight excluding hydrogens is 360 g/mol. The molecule has 0 unspecified atom stereocenters. The van der Waals surface area contributed by atoms with Crippen LogP contribution in [0.4, 0.5) is 0 Å². The van der Waals surface area contributed by atoms with E-state index in [0.717, 1.165) is 0 Å². The molecule has 0 spiro atoms. The summed E-state index contributed by atoms with van der Waals surface area (Å²) in [4.78, 5) is 14.0. The molecule has 2 rings (SSSR count). The van der Waals surface area contributed by atoms with Crippen molar-refractivity contribution < 1.29 is 18.3 Å². The quantitative estimate of drug-likeness (QED) is 0.842. The summed E-state index contributed by atoms with van der Waals surface area (Å²) in [5, 5.41) is 9.81. The lowest BCUT2D eigenvalue weighted by atomic mass is 10.1. The predicted octanol–water partition coefficient (Wildman–Crippen LogP) is 1.26. The van der Waals surface area contributed by atoms with Crippen LogP contribution >= 0.6 is 15.9 Å². The van der Waals surface area contributed by atoms with Crippen molar-refractivity contribution in [3.05, 3.63) is 28.2 Å². The van der Waals surface area contributed by atoms with E-state index in [1.165, 1.54) is 16.6 Å². The molecule has 1 amide bonds. The van der Waals surface area contributed by atoms with Crippen LogP contribution in [0, 0.1) is 0 Å². The zero-order valence-corrected chi connectivity index (χ0v) is 14.0. The summed E-state index contributed by atoms with van der Waals surface area (Å²) < 4.78 is 25.2. The molecule has 0 bridgehead atoms. The van der Waals surface area contributed by atoms with Gasteiger partial charge in [0.15, 0.2) is 0 Å². The maximum Gasteiger partial charge on any atom is 0.257 e. The molecule has 1 heterocycles. The molecule has 1 aliphatic heterocycles. The number of carbonyl (C=O) groups excluding carboxylic acids is 1. The molecule has 1 aliphatic rings. The summed E-state index contributed by atoms with van der Waals surface area (Å²) in [6.45, 7) is 1.47. The third-order valence-corrected chi connectivity index (χ3v) is 5.20. The maximum absolute atomic E-state index is 12.5. The topological polar surface area (TPSA) is 77.9 Å². The number of amides is 1.